The number of piperidine rings is 1. The Morgan fingerprint density at radius 1 is 1.09 bits per heavy atom. The molecule has 0 aromatic rings. The number of hydrogen-bond acceptors (Lipinski definition) is 4. The van der Waals surface area contributed by atoms with Crippen molar-refractivity contribution in [1.82, 2.24) is 9.80 Å². The number of nitrogens with zero attached hydrogens (tertiary/aromatic N) is 2. The molecule has 124 valence electrons. The molecule has 22 heavy (non-hydrogen) atoms. The largest absolute Gasteiger partial charge is 0.453 e. The van der Waals surface area contributed by atoms with Crippen LogP contribution in [-0.4, -0.2) is 67.3 Å². The number of fused-ring (bicyclic) bond motifs is 1. The summed E-state index contributed by atoms with van der Waals surface area (Å²) in [7, 11) is 1.39. The van der Waals surface area contributed by atoms with Gasteiger partial charge < -0.3 is 19.3 Å². The highest BCUT2D eigenvalue weighted by atomic mass is 16.5. The summed E-state index contributed by atoms with van der Waals surface area (Å²) in [4.78, 5) is 28.4. The van der Waals surface area contributed by atoms with Gasteiger partial charge in [0, 0.05) is 19.6 Å². The molecule has 0 unspecified atom stereocenters. The molecule has 2 aliphatic heterocycles. The number of ether oxygens (including phenoxy) is 2. The molecule has 2 saturated heterocycles. The molecule has 0 bridgehead atoms. The average Bonchev–Trinajstić information content (AvgIpc) is 2.60. The molecular formula is C16H26N2O4. The van der Waals surface area contributed by atoms with Gasteiger partial charge >= 0.3 is 6.09 Å². The Bertz CT molecular complexity index is 426. The second kappa shape index (κ2) is 6.86. The zero-order chi connectivity index (χ0) is 15.5. The lowest BCUT2D eigenvalue weighted by Gasteiger charge is -2.45. The van der Waals surface area contributed by atoms with Gasteiger partial charge in [-0.15, -0.1) is 0 Å². The van der Waals surface area contributed by atoms with Gasteiger partial charge in [-0.1, -0.05) is 12.8 Å². The quantitative estimate of drug-likeness (QED) is 0.739. The van der Waals surface area contributed by atoms with Crippen molar-refractivity contribution >= 4 is 12.0 Å². The first kappa shape index (κ1) is 15.6. The zero-order valence-electron chi connectivity index (χ0n) is 13.3. The molecule has 0 radical (unpaired) electrons. The summed E-state index contributed by atoms with van der Waals surface area (Å²) in [6.45, 7) is 2.50. The van der Waals surface area contributed by atoms with Crippen molar-refractivity contribution in [3.05, 3.63) is 0 Å². The van der Waals surface area contributed by atoms with Crippen LogP contribution in [0.15, 0.2) is 0 Å². The first-order chi connectivity index (χ1) is 10.7. The molecule has 3 atom stereocenters. The molecule has 1 saturated carbocycles. The number of methoxy groups -OCH3 is 1. The Kier molecular flexibility index (Phi) is 4.86. The van der Waals surface area contributed by atoms with E-state index >= 15 is 0 Å². The molecular weight excluding hydrogens is 284 g/mol. The lowest BCUT2D eigenvalue weighted by Crippen LogP contribution is -2.57. The molecule has 0 N–H and O–H groups in total. The van der Waals surface area contributed by atoms with E-state index in [-0.39, 0.29) is 30.1 Å². The maximum atomic E-state index is 13.0. The fraction of sp³-hybridized carbons (Fsp3) is 0.875. The van der Waals surface area contributed by atoms with Crippen LogP contribution in [0.4, 0.5) is 4.79 Å². The number of hydrogen-bond donors (Lipinski definition) is 0. The molecule has 6 heteroatoms. The summed E-state index contributed by atoms with van der Waals surface area (Å²) >= 11 is 0. The molecule has 2 amide bonds. The first-order valence-corrected chi connectivity index (χ1v) is 8.45. The number of morpholine rings is 1. The molecule has 3 aliphatic rings. The maximum absolute atomic E-state index is 13.0. The standard InChI is InChI=1S/C16H26N2O4/c1-21-16(20)17-8-4-5-12(11-17)15(19)18-9-10-22-14-7-3-2-6-13(14)18/h12-14H,2-11H2,1H3/t12-,13+,14-/m0/s1. The Hall–Kier alpha value is -1.30. The van der Waals surface area contributed by atoms with E-state index in [1.165, 1.54) is 20.0 Å². The van der Waals surface area contributed by atoms with Gasteiger partial charge in [0.05, 0.1) is 31.8 Å². The first-order valence-electron chi connectivity index (χ1n) is 8.45. The highest BCUT2D eigenvalue weighted by Gasteiger charge is 2.40. The third kappa shape index (κ3) is 3.07. The topological polar surface area (TPSA) is 59.1 Å². The smallest absolute Gasteiger partial charge is 0.409 e. The van der Waals surface area contributed by atoms with Crippen molar-refractivity contribution in [3.63, 3.8) is 0 Å². The Morgan fingerprint density at radius 3 is 2.73 bits per heavy atom. The van der Waals surface area contributed by atoms with E-state index < -0.39 is 0 Å². The second-order valence-electron chi connectivity index (χ2n) is 6.55. The average molecular weight is 310 g/mol. The van der Waals surface area contributed by atoms with E-state index in [0.29, 0.717) is 26.2 Å². The Morgan fingerprint density at radius 2 is 1.91 bits per heavy atom. The molecule has 2 heterocycles. The summed E-state index contributed by atoms with van der Waals surface area (Å²) in [6.07, 6.45) is 6.10. The molecule has 0 aromatic heterocycles. The number of rotatable bonds is 1. The van der Waals surface area contributed by atoms with Crippen molar-refractivity contribution in [1.29, 1.82) is 0 Å². The van der Waals surface area contributed by atoms with Crippen LogP contribution in [0, 0.1) is 5.92 Å². The van der Waals surface area contributed by atoms with Gasteiger partial charge in [-0.05, 0) is 25.7 Å². The summed E-state index contributed by atoms with van der Waals surface area (Å²) in [5.74, 6) is 0.113. The van der Waals surface area contributed by atoms with Gasteiger partial charge in [-0.2, -0.15) is 0 Å². The lowest BCUT2D eigenvalue weighted by atomic mass is 9.88. The molecule has 0 spiro atoms. The van der Waals surface area contributed by atoms with Crippen molar-refractivity contribution in [3.8, 4) is 0 Å². The lowest BCUT2D eigenvalue weighted by molar-refractivity contribution is -0.155. The van der Waals surface area contributed by atoms with Crippen LogP contribution in [0.3, 0.4) is 0 Å². The number of carbonyl (C=O) groups is 2. The van der Waals surface area contributed by atoms with Gasteiger partial charge in [0.15, 0.2) is 0 Å². The van der Waals surface area contributed by atoms with E-state index in [1.807, 2.05) is 4.90 Å². The monoisotopic (exact) mass is 310 g/mol. The van der Waals surface area contributed by atoms with Crippen molar-refractivity contribution in [2.24, 2.45) is 5.92 Å². The minimum Gasteiger partial charge on any atom is -0.453 e. The predicted molar refractivity (Wildman–Crippen MR) is 80.4 cm³/mol. The molecule has 1 aliphatic carbocycles. The zero-order valence-corrected chi connectivity index (χ0v) is 13.3. The summed E-state index contributed by atoms with van der Waals surface area (Å²) in [6, 6.07) is 0.239. The van der Waals surface area contributed by atoms with Gasteiger partial charge in [0.2, 0.25) is 5.91 Å². The normalized spacial score (nSPS) is 32.3. The number of likely N-dealkylation sites (tertiary alicyclic amines) is 1. The summed E-state index contributed by atoms with van der Waals surface area (Å²) in [5, 5.41) is 0. The van der Waals surface area contributed by atoms with Crippen LogP contribution in [0.1, 0.15) is 38.5 Å². The summed E-state index contributed by atoms with van der Waals surface area (Å²) in [5.41, 5.74) is 0. The van der Waals surface area contributed by atoms with E-state index in [1.54, 1.807) is 4.90 Å². The van der Waals surface area contributed by atoms with Crippen molar-refractivity contribution < 1.29 is 19.1 Å². The predicted octanol–water partition coefficient (Wildman–Crippen LogP) is 1.63. The van der Waals surface area contributed by atoms with Crippen LogP contribution in [-0.2, 0) is 14.3 Å². The van der Waals surface area contributed by atoms with Gasteiger partial charge in [-0.3, -0.25) is 4.79 Å². The molecule has 0 aromatic carbocycles. The van der Waals surface area contributed by atoms with Crippen molar-refractivity contribution in [2.45, 2.75) is 50.7 Å². The van der Waals surface area contributed by atoms with E-state index in [2.05, 4.69) is 0 Å². The third-order valence-electron chi connectivity index (χ3n) is 5.22. The molecule has 3 rings (SSSR count). The van der Waals surface area contributed by atoms with E-state index in [9.17, 15) is 9.59 Å². The van der Waals surface area contributed by atoms with Crippen molar-refractivity contribution in [2.75, 3.05) is 33.4 Å². The van der Waals surface area contributed by atoms with Crippen LogP contribution in [0.25, 0.3) is 0 Å². The second-order valence-corrected chi connectivity index (χ2v) is 6.55. The van der Waals surface area contributed by atoms with Crippen LogP contribution >= 0.6 is 0 Å². The highest BCUT2D eigenvalue weighted by Crippen LogP contribution is 2.30. The van der Waals surface area contributed by atoms with E-state index in [0.717, 1.165) is 25.7 Å². The maximum Gasteiger partial charge on any atom is 0.409 e. The van der Waals surface area contributed by atoms with Gasteiger partial charge in [0.1, 0.15) is 0 Å². The van der Waals surface area contributed by atoms with Crippen LogP contribution in [0.2, 0.25) is 0 Å². The van der Waals surface area contributed by atoms with Gasteiger partial charge in [0.25, 0.3) is 0 Å². The highest BCUT2D eigenvalue weighted by molar-refractivity contribution is 5.80. The number of amides is 2. The minimum absolute atomic E-state index is 0.0893. The fourth-order valence-corrected chi connectivity index (χ4v) is 4.08. The van der Waals surface area contributed by atoms with E-state index in [4.69, 9.17) is 9.47 Å². The molecule has 6 nitrogen and oxygen atoms in total. The number of carbonyl (C=O) groups excluding carboxylic acids is 2. The molecule has 3 fully saturated rings. The Labute approximate surface area is 131 Å². The SMILES string of the molecule is COC(=O)N1CCC[C@H](C(=O)N2CCO[C@H]3CCCC[C@H]32)C1. The Balaban J connectivity index is 1.65. The fourth-order valence-electron chi connectivity index (χ4n) is 4.08. The van der Waals surface area contributed by atoms with Gasteiger partial charge in [-0.25, -0.2) is 4.79 Å². The minimum atomic E-state index is -0.324. The van der Waals surface area contributed by atoms with Crippen LogP contribution in [0.5, 0.6) is 0 Å². The third-order valence-corrected chi connectivity index (χ3v) is 5.22. The van der Waals surface area contributed by atoms with Crippen LogP contribution < -0.4 is 0 Å². The summed E-state index contributed by atoms with van der Waals surface area (Å²) < 4.78 is 10.6.